The molecule has 2 fully saturated rings. The number of anilines is 1. The molecule has 1 aromatic heterocycles. The van der Waals surface area contributed by atoms with Gasteiger partial charge in [-0.15, -0.1) is 0 Å². The van der Waals surface area contributed by atoms with Crippen molar-refractivity contribution in [3.05, 3.63) is 36.2 Å². The highest BCUT2D eigenvalue weighted by Gasteiger charge is 2.52. The predicted octanol–water partition coefficient (Wildman–Crippen LogP) is 3.22. The number of carbonyl (C=O) groups excluding carboxylic acids is 2. The first-order valence-electron chi connectivity index (χ1n) is 11.0. The molecule has 1 aliphatic carbocycles. The summed E-state index contributed by atoms with van der Waals surface area (Å²) < 4.78 is 0. The summed E-state index contributed by atoms with van der Waals surface area (Å²) in [6.45, 7) is 2.33. The van der Waals surface area contributed by atoms with Crippen molar-refractivity contribution < 1.29 is 9.59 Å². The van der Waals surface area contributed by atoms with Crippen LogP contribution in [-0.4, -0.2) is 59.3 Å². The normalized spacial score (nSPS) is 27.7. The van der Waals surface area contributed by atoms with Gasteiger partial charge in [-0.2, -0.15) is 0 Å². The van der Waals surface area contributed by atoms with E-state index in [9.17, 15) is 9.59 Å². The number of fused-ring (bicyclic) bond motifs is 1. The average Bonchev–Trinajstić information content (AvgIpc) is 2.94. The number of likely N-dealkylation sites (tertiary alicyclic amines) is 2. The summed E-state index contributed by atoms with van der Waals surface area (Å²) in [5, 5.41) is 3.09. The van der Waals surface area contributed by atoms with Gasteiger partial charge in [-0.25, -0.2) is 0 Å². The third-order valence-corrected chi connectivity index (χ3v) is 7.07. The van der Waals surface area contributed by atoms with E-state index in [-0.39, 0.29) is 17.9 Å². The van der Waals surface area contributed by atoms with Crippen molar-refractivity contribution in [1.82, 2.24) is 14.8 Å². The zero-order chi connectivity index (χ0) is 20.3. The second kappa shape index (κ2) is 8.66. The highest BCUT2D eigenvalue weighted by molar-refractivity contribution is 5.96. The van der Waals surface area contributed by atoms with E-state index in [0.29, 0.717) is 13.0 Å². The van der Waals surface area contributed by atoms with Crippen LogP contribution < -0.4 is 5.32 Å². The van der Waals surface area contributed by atoms with E-state index < -0.39 is 5.41 Å². The first-order valence-corrected chi connectivity index (χ1v) is 11.0. The zero-order valence-corrected chi connectivity index (χ0v) is 17.4. The highest BCUT2D eigenvalue weighted by Crippen LogP contribution is 2.44. The van der Waals surface area contributed by atoms with Gasteiger partial charge in [-0.3, -0.25) is 14.6 Å². The summed E-state index contributed by atoms with van der Waals surface area (Å²) in [4.78, 5) is 34.7. The van der Waals surface area contributed by atoms with Gasteiger partial charge in [0.05, 0.1) is 17.3 Å². The van der Waals surface area contributed by atoms with Crippen LogP contribution in [0.5, 0.6) is 0 Å². The minimum Gasteiger partial charge on any atom is -0.342 e. The van der Waals surface area contributed by atoms with Gasteiger partial charge in [0.15, 0.2) is 0 Å². The molecule has 6 nitrogen and oxygen atoms in total. The number of carbonyl (C=O) groups is 2. The van der Waals surface area contributed by atoms with Crippen molar-refractivity contribution in [2.75, 3.05) is 32.0 Å². The molecule has 4 rings (SSSR count). The summed E-state index contributed by atoms with van der Waals surface area (Å²) in [5.74, 6) is 0.299. The van der Waals surface area contributed by atoms with Crippen LogP contribution in [0.2, 0.25) is 0 Å². The van der Waals surface area contributed by atoms with Gasteiger partial charge in [0.1, 0.15) is 0 Å². The number of hydrogen-bond donors (Lipinski definition) is 1. The van der Waals surface area contributed by atoms with Gasteiger partial charge >= 0.3 is 0 Å². The van der Waals surface area contributed by atoms with Gasteiger partial charge in [0.2, 0.25) is 11.8 Å². The van der Waals surface area contributed by atoms with Gasteiger partial charge in [0, 0.05) is 31.7 Å². The lowest BCUT2D eigenvalue weighted by Gasteiger charge is -2.34. The molecule has 2 atom stereocenters. The topological polar surface area (TPSA) is 65.5 Å². The zero-order valence-electron chi connectivity index (χ0n) is 17.4. The van der Waals surface area contributed by atoms with Crippen LogP contribution in [0.4, 0.5) is 5.69 Å². The van der Waals surface area contributed by atoms with E-state index >= 15 is 0 Å². The van der Waals surface area contributed by atoms with Crippen LogP contribution in [0.3, 0.4) is 0 Å². The molecule has 1 N–H and O–H groups in total. The van der Waals surface area contributed by atoms with E-state index in [1.54, 1.807) is 12.4 Å². The molecule has 3 aliphatic rings. The molecule has 0 aromatic carbocycles. The van der Waals surface area contributed by atoms with Crippen LogP contribution in [0.15, 0.2) is 36.2 Å². The Morgan fingerprint density at radius 1 is 1.24 bits per heavy atom. The molecule has 0 spiro atoms. The maximum absolute atomic E-state index is 13.4. The van der Waals surface area contributed by atoms with E-state index in [1.165, 1.54) is 18.4 Å². The van der Waals surface area contributed by atoms with Gasteiger partial charge in [0.25, 0.3) is 0 Å². The molecule has 0 radical (unpaired) electrons. The second-order valence-electron chi connectivity index (χ2n) is 8.80. The number of hydrogen-bond acceptors (Lipinski definition) is 4. The quantitative estimate of drug-likeness (QED) is 0.794. The van der Waals surface area contributed by atoms with Gasteiger partial charge in [-0.1, -0.05) is 11.6 Å². The molecule has 29 heavy (non-hydrogen) atoms. The standard InChI is InChI=1S/C23H32N4O2/c1-26-14-10-23(22(29)25-19-8-5-12-24-17-19)11-15-27(13-9-20(23)26)21(28)16-18-6-3-2-4-7-18/h5-6,8,12,17,20H,2-4,7,9-11,13-16H2,1H3,(H,25,29)/t20-,23-/m1/s1. The third kappa shape index (κ3) is 4.22. The molecular formula is C23H32N4O2. The molecule has 156 valence electrons. The van der Waals surface area contributed by atoms with Crippen LogP contribution in [0, 0.1) is 5.41 Å². The summed E-state index contributed by atoms with van der Waals surface area (Å²) in [7, 11) is 2.11. The number of allylic oxidation sites excluding steroid dienone is 1. The van der Waals surface area contributed by atoms with E-state index in [2.05, 4.69) is 28.3 Å². The van der Waals surface area contributed by atoms with E-state index in [4.69, 9.17) is 0 Å². The predicted molar refractivity (Wildman–Crippen MR) is 113 cm³/mol. The Balaban J connectivity index is 1.47. The maximum atomic E-state index is 13.4. The smallest absolute Gasteiger partial charge is 0.232 e. The number of pyridine rings is 1. The number of amides is 2. The largest absolute Gasteiger partial charge is 0.342 e. The SMILES string of the molecule is CN1CC[C@@]2(C(=O)Nc3cccnc3)CCN(C(=O)CC3=CCCCC3)CC[C@@H]12. The fraction of sp³-hybridized carbons (Fsp3) is 0.609. The van der Waals surface area contributed by atoms with Crippen molar-refractivity contribution >= 4 is 17.5 Å². The van der Waals surface area contributed by atoms with Crippen LogP contribution in [0.1, 0.15) is 51.4 Å². The molecule has 3 heterocycles. The van der Waals surface area contributed by atoms with E-state index in [0.717, 1.165) is 50.9 Å². The molecule has 0 saturated carbocycles. The molecular weight excluding hydrogens is 364 g/mol. The average molecular weight is 397 g/mol. The Morgan fingerprint density at radius 3 is 2.86 bits per heavy atom. The molecule has 2 amide bonds. The number of aromatic nitrogens is 1. The Kier molecular flexibility index (Phi) is 5.99. The number of nitrogens with one attached hydrogen (secondary N) is 1. The minimum atomic E-state index is -0.441. The fourth-order valence-corrected chi connectivity index (χ4v) is 5.32. The number of rotatable bonds is 4. The molecule has 6 heteroatoms. The lowest BCUT2D eigenvalue weighted by molar-refractivity contribution is -0.131. The number of nitrogens with zero attached hydrogens (tertiary/aromatic N) is 3. The van der Waals surface area contributed by atoms with Crippen LogP contribution >= 0.6 is 0 Å². The lowest BCUT2D eigenvalue weighted by Crippen LogP contribution is -2.46. The molecule has 1 aromatic rings. The first-order chi connectivity index (χ1) is 14.1. The second-order valence-corrected chi connectivity index (χ2v) is 8.80. The Labute approximate surface area is 173 Å². The van der Waals surface area contributed by atoms with Crippen LogP contribution in [-0.2, 0) is 9.59 Å². The monoisotopic (exact) mass is 396 g/mol. The Bertz CT molecular complexity index is 778. The molecule has 2 saturated heterocycles. The molecule has 2 aliphatic heterocycles. The first kappa shape index (κ1) is 20.1. The van der Waals surface area contributed by atoms with Crippen molar-refractivity contribution in [2.24, 2.45) is 5.41 Å². The summed E-state index contributed by atoms with van der Waals surface area (Å²) in [6.07, 6.45) is 13.2. The van der Waals surface area contributed by atoms with Crippen molar-refractivity contribution in [2.45, 2.75) is 57.4 Å². The van der Waals surface area contributed by atoms with Crippen LogP contribution in [0.25, 0.3) is 0 Å². The molecule has 0 unspecified atom stereocenters. The third-order valence-electron chi connectivity index (χ3n) is 7.07. The highest BCUT2D eigenvalue weighted by atomic mass is 16.2. The Morgan fingerprint density at radius 2 is 2.10 bits per heavy atom. The summed E-state index contributed by atoms with van der Waals surface area (Å²) in [5.41, 5.74) is 1.59. The molecule has 0 bridgehead atoms. The van der Waals surface area contributed by atoms with Gasteiger partial charge in [-0.05, 0) is 70.7 Å². The minimum absolute atomic E-state index is 0.0733. The summed E-state index contributed by atoms with van der Waals surface area (Å²) in [6, 6.07) is 3.88. The van der Waals surface area contributed by atoms with Crippen molar-refractivity contribution in [1.29, 1.82) is 0 Å². The maximum Gasteiger partial charge on any atom is 0.232 e. The van der Waals surface area contributed by atoms with Crippen molar-refractivity contribution in [3.8, 4) is 0 Å². The van der Waals surface area contributed by atoms with E-state index in [1.807, 2.05) is 17.0 Å². The lowest BCUT2D eigenvalue weighted by atomic mass is 9.75. The summed E-state index contributed by atoms with van der Waals surface area (Å²) >= 11 is 0. The van der Waals surface area contributed by atoms with Gasteiger partial charge < -0.3 is 15.1 Å². The fourth-order valence-electron chi connectivity index (χ4n) is 5.32. The van der Waals surface area contributed by atoms with Crippen molar-refractivity contribution in [3.63, 3.8) is 0 Å². The Hall–Kier alpha value is -2.21.